The molecule has 6 atom stereocenters. The molecule has 13 rings (SSSR count). The maximum absolute atomic E-state index is 6.74. The standard InChI is InChI=1S/C78H74N2O/c1-4-55-29-33-57(34-30-55)58-39-46-69(47-40-58)81-68(6-3)26-18-19-51-78(63-20-10-7-11-21-63)74-28-17-16-27-70(74)71-48-45-67(54-75(71)78)79(64-22-12-8-13-23-64)66-43-37-60(38-44-66)62-42-50-77-73(53-62)72-52-61(59-35-31-56(5-2)32-36-59)41-49-76(72)80(77)65-24-14-9-15-25-65/h4-5,7-12,14-17,20-22,24-25,27-29,31,33,35-47,49-50,52-54,56,68,70-71,74H,1-2,6,13,18-19,23,26,30,32,34,48,51H2,3H3. The molecule has 0 radical (unpaired) electrons. The van der Waals surface area contributed by atoms with E-state index in [0.29, 0.717) is 23.7 Å². The quantitative estimate of drug-likeness (QED) is 0.0629. The van der Waals surface area contributed by atoms with E-state index in [1.165, 1.54) is 89.1 Å². The Hall–Kier alpha value is -8.40. The fourth-order valence-electron chi connectivity index (χ4n) is 14.4. The molecule has 6 aliphatic rings. The van der Waals surface area contributed by atoms with Crippen molar-refractivity contribution in [1.82, 2.24) is 4.57 Å². The molecule has 6 aromatic carbocycles. The van der Waals surface area contributed by atoms with E-state index in [-0.39, 0.29) is 11.5 Å². The van der Waals surface area contributed by atoms with Gasteiger partial charge in [0.05, 0.1) is 17.1 Å². The second-order valence-electron chi connectivity index (χ2n) is 23.1. The summed E-state index contributed by atoms with van der Waals surface area (Å²) < 4.78 is 9.16. The van der Waals surface area contributed by atoms with Crippen molar-refractivity contribution in [3.63, 3.8) is 0 Å². The van der Waals surface area contributed by atoms with Gasteiger partial charge in [-0.15, -0.1) is 6.58 Å². The van der Waals surface area contributed by atoms with E-state index in [2.05, 4.69) is 260 Å². The number of allylic oxidation sites excluding steroid dienone is 21. The number of hydrogen-bond acceptors (Lipinski definition) is 2. The fraction of sp³-hybridized carbons (Fsp3) is 0.231. The van der Waals surface area contributed by atoms with E-state index in [4.69, 9.17) is 4.74 Å². The van der Waals surface area contributed by atoms with Crippen LogP contribution in [0.3, 0.4) is 0 Å². The molecule has 0 aliphatic heterocycles. The molecular formula is C78H74N2O. The minimum atomic E-state index is -0.136. The number of rotatable bonds is 18. The number of aromatic nitrogens is 1. The summed E-state index contributed by atoms with van der Waals surface area (Å²) in [5.41, 5.74) is 19.2. The Balaban J connectivity index is 0.803. The first-order valence-corrected chi connectivity index (χ1v) is 30.0. The van der Waals surface area contributed by atoms with E-state index in [1.54, 1.807) is 5.57 Å². The number of ether oxygens (including phenoxy) is 1. The molecule has 0 amide bonds. The molecule has 1 aromatic heterocycles. The number of anilines is 1. The van der Waals surface area contributed by atoms with E-state index < -0.39 is 0 Å². The highest BCUT2D eigenvalue weighted by Gasteiger charge is 2.56. The lowest BCUT2D eigenvalue weighted by atomic mass is 9.64. The number of para-hydroxylation sites is 1. The molecule has 3 nitrogen and oxygen atoms in total. The van der Waals surface area contributed by atoms with E-state index in [1.807, 2.05) is 12.2 Å². The highest BCUT2D eigenvalue weighted by atomic mass is 16.5. The van der Waals surface area contributed by atoms with Gasteiger partial charge >= 0.3 is 0 Å². The predicted molar refractivity (Wildman–Crippen MR) is 343 cm³/mol. The van der Waals surface area contributed by atoms with Crippen LogP contribution < -0.4 is 9.64 Å². The number of benzene rings is 6. The van der Waals surface area contributed by atoms with Crippen molar-refractivity contribution in [3.05, 3.63) is 295 Å². The van der Waals surface area contributed by atoms with Crippen molar-refractivity contribution in [1.29, 1.82) is 0 Å². The molecule has 7 aromatic rings. The fourth-order valence-corrected chi connectivity index (χ4v) is 14.4. The average Bonchev–Trinajstić information content (AvgIpc) is 4.26. The molecule has 0 spiro atoms. The Morgan fingerprint density at radius 2 is 1.43 bits per heavy atom. The van der Waals surface area contributed by atoms with Crippen molar-refractivity contribution in [2.45, 2.75) is 89.1 Å². The normalized spacial score (nSPS) is 22.2. The van der Waals surface area contributed by atoms with Crippen LogP contribution in [0.2, 0.25) is 0 Å². The molecule has 6 unspecified atom stereocenters. The van der Waals surface area contributed by atoms with Crippen LogP contribution in [0.15, 0.2) is 279 Å². The first kappa shape index (κ1) is 52.0. The van der Waals surface area contributed by atoms with Gasteiger partial charge in [-0.25, -0.2) is 0 Å². The summed E-state index contributed by atoms with van der Waals surface area (Å²) in [4.78, 5) is 2.58. The van der Waals surface area contributed by atoms with Gasteiger partial charge in [-0.05, 0) is 205 Å². The maximum atomic E-state index is 6.74. The monoisotopic (exact) mass is 1050 g/mol. The molecule has 1 fully saturated rings. The van der Waals surface area contributed by atoms with E-state index >= 15 is 0 Å². The SMILES string of the molecule is C=CC1=CC=C(c2ccc(OC(CC)CCCCC3(c4ccccc4)C4=CC(N(C5=CC=CCC5)c5ccc(-c6ccc7c(c6)c6cc(C8=CCC(C=C)C=C8)ccc6n7-c6ccccc6)cc5)=CCC4C4C=CC=CC43)cc2)CC1. The molecule has 3 heteroatoms. The van der Waals surface area contributed by atoms with Crippen molar-refractivity contribution in [2.75, 3.05) is 4.90 Å². The summed E-state index contributed by atoms with van der Waals surface area (Å²) in [5.74, 6) is 2.61. The van der Waals surface area contributed by atoms with Crippen LogP contribution >= 0.6 is 0 Å². The van der Waals surface area contributed by atoms with Gasteiger partial charge < -0.3 is 14.2 Å². The predicted octanol–water partition coefficient (Wildman–Crippen LogP) is 20.5. The van der Waals surface area contributed by atoms with Crippen molar-refractivity contribution < 1.29 is 4.74 Å². The molecule has 0 saturated heterocycles. The Morgan fingerprint density at radius 1 is 0.691 bits per heavy atom. The minimum absolute atomic E-state index is 0.136. The second kappa shape index (κ2) is 23.0. The number of unbranched alkanes of at least 4 members (excludes halogenated alkanes) is 1. The lowest BCUT2D eigenvalue weighted by Crippen LogP contribution is -2.34. The number of nitrogens with zero attached hydrogens (tertiary/aromatic N) is 2. The van der Waals surface area contributed by atoms with Crippen LogP contribution in [-0.4, -0.2) is 10.7 Å². The Labute approximate surface area is 480 Å². The van der Waals surface area contributed by atoms with Crippen molar-refractivity contribution in [2.24, 2.45) is 23.7 Å². The van der Waals surface area contributed by atoms with Gasteiger partial charge in [-0.3, -0.25) is 0 Å². The molecule has 0 N–H and O–H groups in total. The van der Waals surface area contributed by atoms with Gasteiger partial charge in [0.2, 0.25) is 0 Å². The average molecular weight is 1060 g/mol. The van der Waals surface area contributed by atoms with Crippen LogP contribution in [0.4, 0.5) is 5.69 Å². The Bertz CT molecular complexity index is 3830. The first-order valence-electron chi connectivity index (χ1n) is 30.0. The topological polar surface area (TPSA) is 17.4 Å². The highest BCUT2D eigenvalue weighted by molar-refractivity contribution is 6.11. The van der Waals surface area contributed by atoms with Gasteiger partial charge in [-0.2, -0.15) is 0 Å². The van der Waals surface area contributed by atoms with Gasteiger partial charge in [0, 0.05) is 39.0 Å². The molecule has 0 bridgehead atoms. The van der Waals surface area contributed by atoms with Crippen LogP contribution in [-0.2, 0) is 5.41 Å². The minimum Gasteiger partial charge on any atom is -0.490 e. The van der Waals surface area contributed by atoms with Gasteiger partial charge in [0.15, 0.2) is 0 Å². The maximum Gasteiger partial charge on any atom is 0.119 e. The molecule has 6 aliphatic carbocycles. The zero-order valence-electron chi connectivity index (χ0n) is 47.0. The third-order valence-electron chi connectivity index (χ3n) is 18.6. The summed E-state index contributed by atoms with van der Waals surface area (Å²) in [6.45, 7) is 10.3. The molecule has 1 saturated carbocycles. The second-order valence-corrected chi connectivity index (χ2v) is 23.1. The van der Waals surface area contributed by atoms with Crippen LogP contribution in [0.5, 0.6) is 5.75 Å². The van der Waals surface area contributed by atoms with E-state index in [0.717, 1.165) is 76.4 Å². The summed E-state index contributed by atoms with van der Waals surface area (Å²) in [5, 5.41) is 2.52. The lowest BCUT2D eigenvalue weighted by Gasteiger charge is -2.40. The number of hydrogen-bond donors (Lipinski definition) is 0. The van der Waals surface area contributed by atoms with Crippen LogP contribution in [0.1, 0.15) is 94.2 Å². The Morgan fingerprint density at radius 3 is 2.14 bits per heavy atom. The Kier molecular flexibility index (Phi) is 14.8. The lowest BCUT2D eigenvalue weighted by molar-refractivity contribution is 0.181. The van der Waals surface area contributed by atoms with Crippen LogP contribution in [0.25, 0.3) is 49.8 Å². The third-order valence-corrected chi connectivity index (χ3v) is 18.6. The smallest absolute Gasteiger partial charge is 0.119 e. The zero-order chi connectivity index (χ0) is 54.7. The summed E-state index contributed by atoms with van der Waals surface area (Å²) in [7, 11) is 0. The number of fused-ring (bicyclic) bond motifs is 6. The van der Waals surface area contributed by atoms with Crippen LogP contribution in [0, 0.1) is 23.7 Å². The molecule has 1 heterocycles. The highest BCUT2D eigenvalue weighted by Crippen LogP contribution is 2.62. The van der Waals surface area contributed by atoms with Gasteiger partial charge in [0.25, 0.3) is 0 Å². The van der Waals surface area contributed by atoms with Gasteiger partial charge in [-0.1, -0.05) is 195 Å². The molecule has 81 heavy (non-hydrogen) atoms. The third kappa shape index (κ3) is 10.1. The van der Waals surface area contributed by atoms with Gasteiger partial charge in [0.1, 0.15) is 5.75 Å². The summed E-state index contributed by atoms with van der Waals surface area (Å²) >= 11 is 0. The summed E-state index contributed by atoms with van der Waals surface area (Å²) in [6, 6.07) is 54.7. The summed E-state index contributed by atoms with van der Waals surface area (Å²) in [6.07, 6.45) is 48.9. The first-order chi connectivity index (χ1) is 40.0. The van der Waals surface area contributed by atoms with E-state index in [9.17, 15) is 0 Å². The van der Waals surface area contributed by atoms with Crippen molar-refractivity contribution in [3.8, 4) is 22.6 Å². The zero-order valence-corrected chi connectivity index (χ0v) is 47.0. The van der Waals surface area contributed by atoms with Crippen molar-refractivity contribution >= 4 is 38.6 Å². The largest absolute Gasteiger partial charge is 0.490 e. The molecule has 402 valence electrons. The molecular weight excluding hydrogens is 981 g/mol.